The molecular weight excluding hydrogens is 369 g/mol. The highest BCUT2D eigenvalue weighted by molar-refractivity contribution is 5.91. The third-order valence-corrected chi connectivity index (χ3v) is 4.48. The van der Waals surface area contributed by atoms with Crippen molar-refractivity contribution in [3.05, 3.63) is 89.5 Å². The maximum absolute atomic E-state index is 13.2. The summed E-state index contributed by atoms with van der Waals surface area (Å²) in [5.74, 6) is 5.53. The van der Waals surface area contributed by atoms with E-state index in [9.17, 15) is 9.18 Å². The number of nitrogens with one attached hydrogen (secondary N) is 1. The van der Waals surface area contributed by atoms with Crippen LogP contribution in [0.25, 0.3) is 11.3 Å². The molecule has 148 valence electrons. The number of carbonyl (C=O) groups excluding carboxylic acids is 1. The number of nitrogens with zero attached hydrogens (tertiary/aromatic N) is 3. The first-order valence-electron chi connectivity index (χ1n) is 9.08. The van der Waals surface area contributed by atoms with Gasteiger partial charge in [-0.05, 0) is 54.0 Å². The van der Waals surface area contributed by atoms with Crippen LogP contribution in [0.1, 0.15) is 30.7 Å². The van der Waals surface area contributed by atoms with Gasteiger partial charge in [-0.1, -0.05) is 30.3 Å². The third-order valence-electron chi connectivity index (χ3n) is 4.48. The Hall–Kier alpha value is -3.58. The molecule has 7 heteroatoms. The Balaban J connectivity index is 1.98. The standard InChI is InChI=1S/C22H22FN5O/c1-15(21(27-24)18-8-10-19(23)11-9-18)20-12-13-25-22(26-20)28(16(2)29)14-17-6-4-3-5-7-17/h3-13,27H,14,24H2,1-2H3/b21-15+. The second-order valence-electron chi connectivity index (χ2n) is 6.48. The van der Waals surface area contributed by atoms with Crippen molar-refractivity contribution in [1.82, 2.24) is 15.4 Å². The number of amides is 1. The molecule has 0 saturated heterocycles. The average Bonchev–Trinajstić information content (AvgIpc) is 2.74. The van der Waals surface area contributed by atoms with Gasteiger partial charge >= 0.3 is 0 Å². The van der Waals surface area contributed by atoms with Crippen LogP contribution in [0.3, 0.4) is 0 Å². The van der Waals surface area contributed by atoms with E-state index in [1.807, 2.05) is 37.3 Å². The Labute approximate surface area is 168 Å². The zero-order valence-corrected chi connectivity index (χ0v) is 16.3. The van der Waals surface area contributed by atoms with Crippen molar-refractivity contribution >= 4 is 23.1 Å². The Morgan fingerprint density at radius 1 is 1.07 bits per heavy atom. The molecular formula is C22H22FN5O. The van der Waals surface area contributed by atoms with Crippen LogP contribution in [0.2, 0.25) is 0 Å². The monoisotopic (exact) mass is 391 g/mol. The fraction of sp³-hybridized carbons (Fsp3) is 0.136. The van der Waals surface area contributed by atoms with E-state index in [0.29, 0.717) is 23.9 Å². The van der Waals surface area contributed by atoms with Gasteiger partial charge in [0, 0.05) is 13.1 Å². The van der Waals surface area contributed by atoms with Gasteiger partial charge in [-0.15, -0.1) is 0 Å². The smallest absolute Gasteiger partial charge is 0.232 e. The van der Waals surface area contributed by atoms with E-state index in [4.69, 9.17) is 5.84 Å². The van der Waals surface area contributed by atoms with Crippen LogP contribution in [-0.4, -0.2) is 15.9 Å². The molecule has 0 aliphatic rings. The molecule has 0 bridgehead atoms. The number of carbonyl (C=O) groups is 1. The van der Waals surface area contributed by atoms with Gasteiger partial charge in [-0.2, -0.15) is 0 Å². The number of hydrogen-bond donors (Lipinski definition) is 2. The zero-order valence-electron chi connectivity index (χ0n) is 16.3. The largest absolute Gasteiger partial charge is 0.323 e. The van der Waals surface area contributed by atoms with Gasteiger partial charge in [0.1, 0.15) is 5.82 Å². The van der Waals surface area contributed by atoms with Crippen LogP contribution < -0.4 is 16.2 Å². The maximum atomic E-state index is 13.2. The van der Waals surface area contributed by atoms with Gasteiger partial charge < -0.3 is 5.43 Å². The lowest BCUT2D eigenvalue weighted by Gasteiger charge is -2.20. The molecule has 29 heavy (non-hydrogen) atoms. The van der Waals surface area contributed by atoms with Crippen LogP contribution in [0.4, 0.5) is 10.3 Å². The van der Waals surface area contributed by atoms with Crippen molar-refractivity contribution in [2.45, 2.75) is 20.4 Å². The predicted molar refractivity (Wildman–Crippen MR) is 112 cm³/mol. The summed E-state index contributed by atoms with van der Waals surface area (Å²) in [6.45, 7) is 3.69. The van der Waals surface area contributed by atoms with E-state index >= 15 is 0 Å². The van der Waals surface area contributed by atoms with Gasteiger partial charge in [0.25, 0.3) is 0 Å². The molecule has 6 nitrogen and oxygen atoms in total. The van der Waals surface area contributed by atoms with Crippen LogP contribution >= 0.6 is 0 Å². The second kappa shape index (κ2) is 9.07. The number of rotatable bonds is 6. The van der Waals surface area contributed by atoms with Crippen LogP contribution in [-0.2, 0) is 11.3 Å². The van der Waals surface area contributed by atoms with E-state index in [2.05, 4.69) is 15.4 Å². The molecule has 2 aromatic carbocycles. The number of nitrogens with two attached hydrogens (primary N) is 1. The predicted octanol–water partition coefficient (Wildman–Crippen LogP) is 3.52. The fourth-order valence-corrected chi connectivity index (χ4v) is 2.93. The van der Waals surface area contributed by atoms with Crippen LogP contribution in [0, 0.1) is 5.82 Å². The lowest BCUT2D eigenvalue weighted by atomic mass is 10.1. The van der Waals surface area contributed by atoms with E-state index in [1.165, 1.54) is 24.0 Å². The highest BCUT2D eigenvalue weighted by Crippen LogP contribution is 2.24. The van der Waals surface area contributed by atoms with E-state index in [-0.39, 0.29) is 11.7 Å². The Morgan fingerprint density at radius 3 is 2.38 bits per heavy atom. The topological polar surface area (TPSA) is 84.1 Å². The molecule has 0 aliphatic carbocycles. The summed E-state index contributed by atoms with van der Waals surface area (Å²) < 4.78 is 13.2. The number of benzene rings is 2. The van der Waals surface area contributed by atoms with Crippen molar-refractivity contribution in [1.29, 1.82) is 0 Å². The summed E-state index contributed by atoms with van der Waals surface area (Å²) in [7, 11) is 0. The van der Waals surface area contributed by atoms with Crippen molar-refractivity contribution in [2.24, 2.45) is 5.84 Å². The van der Waals surface area contributed by atoms with Crippen molar-refractivity contribution in [3.63, 3.8) is 0 Å². The molecule has 0 spiro atoms. The van der Waals surface area contributed by atoms with Gasteiger partial charge in [0.05, 0.1) is 17.9 Å². The normalized spacial score (nSPS) is 11.6. The Kier molecular flexibility index (Phi) is 6.31. The van der Waals surface area contributed by atoms with E-state index in [0.717, 1.165) is 16.7 Å². The van der Waals surface area contributed by atoms with Crippen LogP contribution in [0.15, 0.2) is 66.9 Å². The first kappa shape index (κ1) is 20.2. The number of hydrazine groups is 1. The van der Waals surface area contributed by atoms with Gasteiger partial charge in [-0.3, -0.25) is 15.5 Å². The molecule has 3 rings (SSSR count). The molecule has 0 saturated carbocycles. The van der Waals surface area contributed by atoms with Gasteiger partial charge in [0.15, 0.2) is 0 Å². The van der Waals surface area contributed by atoms with E-state index in [1.54, 1.807) is 24.4 Å². The molecule has 3 N–H and O–H groups in total. The molecule has 1 heterocycles. The number of hydrogen-bond acceptors (Lipinski definition) is 5. The highest BCUT2D eigenvalue weighted by atomic mass is 19.1. The Bertz CT molecular complexity index is 1020. The SMILES string of the molecule is CC(=O)N(Cc1ccccc1)c1nccc(/C(C)=C(/NN)c2ccc(F)cc2)n1. The summed E-state index contributed by atoms with van der Waals surface area (Å²) in [6.07, 6.45) is 1.60. The van der Waals surface area contributed by atoms with Crippen molar-refractivity contribution in [2.75, 3.05) is 4.90 Å². The quantitative estimate of drug-likeness (QED) is 0.496. The summed E-state index contributed by atoms with van der Waals surface area (Å²) in [5, 5.41) is 0. The summed E-state index contributed by atoms with van der Waals surface area (Å²) in [6, 6.07) is 17.4. The molecule has 0 radical (unpaired) electrons. The van der Waals surface area contributed by atoms with Crippen molar-refractivity contribution in [3.8, 4) is 0 Å². The minimum absolute atomic E-state index is 0.164. The summed E-state index contributed by atoms with van der Waals surface area (Å²) >= 11 is 0. The fourth-order valence-electron chi connectivity index (χ4n) is 2.93. The van der Waals surface area contributed by atoms with Crippen molar-refractivity contribution < 1.29 is 9.18 Å². The van der Waals surface area contributed by atoms with Crippen LogP contribution in [0.5, 0.6) is 0 Å². The molecule has 3 aromatic rings. The number of allylic oxidation sites excluding steroid dienone is 1. The minimum atomic E-state index is -0.329. The summed E-state index contributed by atoms with van der Waals surface area (Å²) in [4.78, 5) is 22.6. The second-order valence-corrected chi connectivity index (χ2v) is 6.48. The molecule has 0 fully saturated rings. The minimum Gasteiger partial charge on any atom is -0.323 e. The first-order chi connectivity index (χ1) is 14.0. The summed E-state index contributed by atoms with van der Waals surface area (Å²) in [5.41, 5.74) is 6.31. The maximum Gasteiger partial charge on any atom is 0.232 e. The number of aromatic nitrogens is 2. The number of halogens is 1. The molecule has 1 amide bonds. The molecule has 0 atom stereocenters. The molecule has 0 aliphatic heterocycles. The Morgan fingerprint density at radius 2 is 1.76 bits per heavy atom. The zero-order chi connectivity index (χ0) is 20.8. The van der Waals surface area contributed by atoms with Gasteiger partial charge in [0.2, 0.25) is 11.9 Å². The highest BCUT2D eigenvalue weighted by Gasteiger charge is 2.17. The number of anilines is 1. The average molecular weight is 391 g/mol. The first-order valence-corrected chi connectivity index (χ1v) is 9.08. The van der Waals surface area contributed by atoms with E-state index < -0.39 is 0 Å². The lowest BCUT2D eigenvalue weighted by Crippen LogP contribution is -2.29. The van der Waals surface area contributed by atoms with Gasteiger partial charge in [-0.25, -0.2) is 14.4 Å². The third kappa shape index (κ3) is 4.83. The molecule has 0 unspecified atom stereocenters. The lowest BCUT2D eigenvalue weighted by molar-refractivity contribution is -0.116. The molecule has 1 aromatic heterocycles.